The summed E-state index contributed by atoms with van der Waals surface area (Å²) in [4.78, 5) is 14.6. The van der Waals surface area contributed by atoms with Crippen LogP contribution in [0.3, 0.4) is 0 Å². The molecule has 0 aliphatic carbocycles. The molecule has 3 aromatic rings. The minimum Gasteiger partial charge on any atom is -0.350 e. The Kier molecular flexibility index (Phi) is 5.79. The lowest BCUT2D eigenvalue weighted by atomic mass is 10.0. The summed E-state index contributed by atoms with van der Waals surface area (Å²) in [6.45, 7) is 1.45. The minimum atomic E-state index is -0.271. The summed E-state index contributed by atoms with van der Waals surface area (Å²) in [6.07, 6.45) is 3.21. The lowest BCUT2D eigenvalue weighted by Crippen LogP contribution is -2.47. The molecule has 29 heavy (non-hydrogen) atoms. The SMILES string of the molecule is O=C(NCC1CCCCN1c1ccc(-c2ccc(F)cc2)nn1)c1ccccc1. The highest BCUT2D eigenvalue weighted by atomic mass is 19.1. The van der Waals surface area contributed by atoms with Gasteiger partial charge in [-0.1, -0.05) is 18.2 Å². The summed E-state index contributed by atoms with van der Waals surface area (Å²) in [5.74, 6) is 0.468. The van der Waals surface area contributed by atoms with Crippen LogP contribution in [0.2, 0.25) is 0 Å². The maximum Gasteiger partial charge on any atom is 0.251 e. The number of carbonyl (C=O) groups is 1. The molecule has 0 saturated carbocycles. The molecule has 0 bridgehead atoms. The number of nitrogens with one attached hydrogen (secondary N) is 1. The van der Waals surface area contributed by atoms with Gasteiger partial charge in [-0.05, 0) is 67.8 Å². The van der Waals surface area contributed by atoms with E-state index in [0.29, 0.717) is 17.8 Å². The molecule has 1 N–H and O–H groups in total. The van der Waals surface area contributed by atoms with E-state index in [2.05, 4.69) is 20.4 Å². The molecule has 148 valence electrons. The number of halogens is 1. The van der Waals surface area contributed by atoms with Gasteiger partial charge in [0.2, 0.25) is 0 Å². The van der Waals surface area contributed by atoms with E-state index in [1.165, 1.54) is 12.1 Å². The number of aromatic nitrogens is 2. The molecule has 2 aromatic carbocycles. The quantitative estimate of drug-likeness (QED) is 0.713. The molecule has 0 radical (unpaired) electrons. The van der Waals surface area contributed by atoms with E-state index in [1.54, 1.807) is 12.1 Å². The number of piperidine rings is 1. The Morgan fingerprint density at radius 3 is 2.52 bits per heavy atom. The molecule has 5 nitrogen and oxygen atoms in total. The van der Waals surface area contributed by atoms with E-state index in [-0.39, 0.29) is 17.8 Å². The number of nitrogens with zero attached hydrogens (tertiary/aromatic N) is 3. The summed E-state index contributed by atoms with van der Waals surface area (Å²) in [5, 5.41) is 11.8. The van der Waals surface area contributed by atoms with Crippen molar-refractivity contribution in [3.8, 4) is 11.3 Å². The molecule has 4 rings (SSSR count). The van der Waals surface area contributed by atoms with E-state index in [4.69, 9.17) is 0 Å². The highest BCUT2D eigenvalue weighted by molar-refractivity contribution is 5.94. The first-order valence-corrected chi connectivity index (χ1v) is 9.90. The Hall–Kier alpha value is -3.28. The number of hydrogen-bond donors (Lipinski definition) is 1. The van der Waals surface area contributed by atoms with Crippen LogP contribution in [0.1, 0.15) is 29.6 Å². The van der Waals surface area contributed by atoms with Gasteiger partial charge >= 0.3 is 0 Å². The van der Waals surface area contributed by atoms with Crippen molar-refractivity contribution in [2.24, 2.45) is 0 Å². The van der Waals surface area contributed by atoms with Crippen LogP contribution < -0.4 is 10.2 Å². The maximum absolute atomic E-state index is 13.1. The van der Waals surface area contributed by atoms with E-state index in [0.717, 1.165) is 37.2 Å². The number of benzene rings is 2. The number of carbonyl (C=O) groups excluding carboxylic acids is 1. The van der Waals surface area contributed by atoms with Crippen molar-refractivity contribution in [1.82, 2.24) is 15.5 Å². The lowest BCUT2D eigenvalue weighted by Gasteiger charge is -2.36. The predicted molar refractivity (Wildman–Crippen MR) is 111 cm³/mol. The molecule has 6 heteroatoms. The van der Waals surface area contributed by atoms with Crippen molar-refractivity contribution < 1.29 is 9.18 Å². The summed E-state index contributed by atoms with van der Waals surface area (Å²) in [6, 6.07) is 19.5. The maximum atomic E-state index is 13.1. The van der Waals surface area contributed by atoms with Crippen molar-refractivity contribution in [1.29, 1.82) is 0 Å². The average Bonchev–Trinajstić information content (AvgIpc) is 2.79. The normalized spacial score (nSPS) is 16.4. The van der Waals surface area contributed by atoms with E-state index in [1.807, 2.05) is 42.5 Å². The highest BCUT2D eigenvalue weighted by Gasteiger charge is 2.24. The van der Waals surface area contributed by atoms with E-state index >= 15 is 0 Å². The third kappa shape index (κ3) is 4.59. The Morgan fingerprint density at radius 1 is 1.00 bits per heavy atom. The van der Waals surface area contributed by atoms with Crippen molar-refractivity contribution in [2.45, 2.75) is 25.3 Å². The van der Waals surface area contributed by atoms with Gasteiger partial charge in [0.05, 0.1) is 5.69 Å². The molecule has 1 aliphatic rings. The van der Waals surface area contributed by atoms with Gasteiger partial charge in [0.25, 0.3) is 5.91 Å². The fourth-order valence-electron chi connectivity index (χ4n) is 3.67. The van der Waals surface area contributed by atoms with Crippen LogP contribution in [0.15, 0.2) is 66.7 Å². The predicted octanol–water partition coefficient (Wildman–Crippen LogP) is 4.07. The zero-order chi connectivity index (χ0) is 20.1. The van der Waals surface area contributed by atoms with Gasteiger partial charge in [0.1, 0.15) is 5.82 Å². The second-order valence-corrected chi connectivity index (χ2v) is 7.20. The minimum absolute atomic E-state index is 0.0612. The van der Waals surface area contributed by atoms with Gasteiger partial charge in [0.15, 0.2) is 5.82 Å². The average molecular weight is 390 g/mol. The Bertz CT molecular complexity index is 945. The lowest BCUT2D eigenvalue weighted by molar-refractivity contribution is 0.0949. The molecule has 1 atom stereocenters. The summed E-state index contributed by atoms with van der Waals surface area (Å²) in [7, 11) is 0. The monoisotopic (exact) mass is 390 g/mol. The molecule has 0 spiro atoms. The Morgan fingerprint density at radius 2 is 1.79 bits per heavy atom. The van der Waals surface area contributed by atoms with Crippen LogP contribution in [0, 0.1) is 5.82 Å². The number of amides is 1. The Labute approximate surface area is 169 Å². The molecule has 1 aliphatic heterocycles. The molecule has 1 fully saturated rings. The van der Waals surface area contributed by atoms with Gasteiger partial charge in [-0.15, -0.1) is 10.2 Å². The van der Waals surface area contributed by atoms with Crippen LogP contribution >= 0.6 is 0 Å². The number of hydrogen-bond acceptors (Lipinski definition) is 4. The second kappa shape index (κ2) is 8.82. The topological polar surface area (TPSA) is 58.1 Å². The molecule has 1 amide bonds. The zero-order valence-corrected chi connectivity index (χ0v) is 16.1. The summed E-state index contributed by atoms with van der Waals surface area (Å²) < 4.78 is 13.1. The first-order chi connectivity index (χ1) is 14.2. The summed E-state index contributed by atoms with van der Waals surface area (Å²) in [5.41, 5.74) is 2.20. The van der Waals surface area contributed by atoms with Crippen LogP contribution in [0.25, 0.3) is 11.3 Å². The molecule has 1 saturated heterocycles. The molecular weight excluding hydrogens is 367 g/mol. The second-order valence-electron chi connectivity index (χ2n) is 7.20. The third-order valence-corrected chi connectivity index (χ3v) is 5.25. The van der Waals surface area contributed by atoms with E-state index < -0.39 is 0 Å². The smallest absolute Gasteiger partial charge is 0.251 e. The van der Waals surface area contributed by atoms with Gasteiger partial charge < -0.3 is 10.2 Å². The fraction of sp³-hybridized carbons (Fsp3) is 0.261. The largest absolute Gasteiger partial charge is 0.350 e. The number of anilines is 1. The van der Waals surface area contributed by atoms with Crippen LogP contribution in [-0.2, 0) is 0 Å². The number of rotatable bonds is 5. The van der Waals surface area contributed by atoms with Crippen molar-refractivity contribution in [3.63, 3.8) is 0 Å². The van der Waals surface area contributed by atoms with Crippen molar-refractivity contribution in [2.75, 3.05) is 18.0 Å². The fourth-order valence-corrected chi connectivity index (χ4v) is 3.67. The first kappa shape index (κ1) is 19.1. The molecule has 1 aromatic heterocycles. The first-order valence-electron chi connectivity index (χ1n) is 9.90. The zero-order valence-electron chi connectivity index (χ0n) is 16.1. The summed E-state index contributed by atoms with van der Waals surface area (Å²) >= 11 is 0. The molecule has 1 unspecified atom stereocenters. The third-order valence-electron chi connectivity index (χ3n) is 5.25. The van der Waals surface area contributed by atoms with Gasteiger partial charge in [-0.2, -0.15) is 0 Å². The standard InChI is InChI=1S/C23H23FN4O/c24-19-11-9-17(10-12-19)21-13-14-22(27-26-21)28-15-5-4-8-20(28)16-25-23(29)18-6-2-1-3-7-18/h1-3,6-7,9-14,20H,4-5,8,15-16H2,(H,25,29). The van der Waals surface area contributed by atoms with Crippen LogP contribution in [-0.4, -0.2) is 35.2 Å². The highest BCUT2D eigenvalue weighted by Crippen LogP contribution is 2.24. The van der Waals surface area contributed by atoms with Gasteiger partial charge in [0, 0.05) is 30.3 Å². The van der Waals surface area contributed by atoms with Crippen LogP contribution in [0.5, 0.6) is 0 Å². The van der Waals surface area contributed by atoms with Gasteiger partial charge in [-0.3, -0.25) is 4.79 Å². The van der Waals surface area contributed by atoms with Crippen LogP contribution in [0.4, 0.5) is 10.2 Å². The molecular formula is C23H23FN4O. The molecule has 2 heterocycles. The van der Waals surface area contributed by atoms with Gasteiger partial charge in [-0.25, -0.2) is 4.39 Å². The van der Waals surface area contributed by atoms with Crippen molar-refractivity contribution in [3.05, 3.63) is 78.1 Å². The van der Waals surface area contributed by atoms with Crippen molar-refractivity contribution >= 4 is 11.7 Å². The Balaban J connectivity index is 1.44. The van der Waals surface area contributed by atoms with E-state index in [9.17, 15) is 9.18 Å².